The summed E-state index contributed by atoms with van der Waals surface area (Å²) in [6.07, 6.45) is 12.3. The second-order valence-corrected chi connectivity index (χ2v) is 5.38. The monoisotopic (exact) mass is 223 g/mol. The van der Waals surface area contributed by atoms with Crippen LogP contribution < -0.4 is 5.32 Å². The molecule has 2 aliphatic carbocycles. The first-order valence-corrected chi connectivity index (χ1v) is 6.90. The zero-order chi connectivity index (χ0) is 11.2. The fourth-order valence-electron chi connectivity index (χ4n) is 3.13. The normalized spacial score (nSPS) is 31.4. The second kappa shape index (κ2) is 6.41. The van der Waals surface area contributed by atoms with E-state index in [2.05, 4.69) is 17.5 Å². The smallest absolute Gasteiger partial charge is 0.0431 e. The van der Waals surface area contributed by atoms with Crippen LogP contribution in [-0.2, 0) is 0 Å². The predicted molar refractivity (Wildman–Crippen MR) is 67.3 cm³/mol. The summed E-state index contributed by atoms with van der Waals surface area (Å²) < 4.78 is 0. The van der Waals surface area contributed by atoms with Crippen molar-refractivity contribution in [2.24, 2.45) is 17.8 Å². The van der Waals surface area contributed by atoms with E-state index in [4.69, 9.17) is 5.11 Å². The van der Waals surface area contributed by atoms with E-state index in [0.717, 1.165) is 30.7 Å². The summed E-state index contributed by atoms with van der Waals surface area (Å²) in [5.74, 6) is 2.70. The largest absolute Gasteiger partial charge is 0.396 e. The van der Waals surface area contributed by atoms with Crippen LogP contribution in [0.2, 0.25) is 0 Å². The first kappa shape index (κ1) is 12.1. The highest BCUT2D eigenvalue weighted by Gasteiger charge is 2.34. The van der Waals surface area contributed by atoms with Crippen molar-refractivity contribution in [1.29, 1.82) is 0 Å². The Labute approximate surface area is 99.1 Å². The number of hydrogen-bond donors (Lipinski definition) is 2. The van der Waals surface area contributed by atoms with Gasteiger partial charge in [0.05, 0.1) is 0 Å². The summed E-state index contributed by atoms with van der Waals surface area (Å²) >= 11 is 0. The molecule has 2 aliphatic rings. The Kier molecular flexibility index (Phi) is 4.86. The zero-order valence-corrected chi connectivity index (χ0v) is 10.2. The van der Waals surface area contributed by atoms with E-state index in [0.29, 0.717) is 6.61 Å². The van der Waals surface area contributed by atoms with Crippen molar-refractivity contribution >= 4 is 0 Å². The van der Waals surface area contributed by atoms with E-state index in [1.807, 2.05) is 0 Å². The molecule has 2 heteroatoms. The summed E-state index contributed by atoms with van der Waals surface area (Å²) in [4.78, 5) is 0. The van der Waals surface area contributed by atoms with E-state index < -0.39 is 0 Å². The molecule has 0 saturated heterocycles. The summed E-state index contributed by atoms with van der Waals surface area (Å²) in [7, 11) is 0. The average molecular weight is 223 g/mol. The molecule has 0 aromatic heterocycles. The lowest BCUT2D eigenvalue weighted by atomic mass is 9.93. The Morgan fingerprint density at radius 1 is 1.06 bits per heavy atom. The van der Waals surface area contributed by atoms with Gasteiger partial charge >= 0.3 is 0 Å². The molecule has 1 saturated carbocycles. The Balaban J connectivity index is 1.45. The molecular weight excluding hydrogens is 198 g/mol. The highest BCUT2D eigenvalue weighted by Crippen LogP contribution is 2.42. The van der Waals surface area contributed by atoms with Crippen LogP contribution in [-0.4, -0.2) is 24.8 Å². The summed E-state index contributed by atoms with van der Waals surface area (Å²) in [5, 5.41) is 12.2. The topological polar surface area (TPSA) is 32.3 Å². The molecule has 2 N–H and O–H groups in total. The first-order valence-electron chi connectivity index (χ1n) is 6.90. The molecule has 0 spiro atoms. The Morgan fingerprint density at radius 3 is 2.62 bits per heavy atom. The molecular formula is C14H25NO. The maximum absolute atomic E-state index is 8.65. The van der Waals surface area contributed by atoms with Gasteiger partial charge in [-0.2, -0.15) is 0 Å². The summed E-state index contributed by atoms with van der Waals surface area (Å²) in [6, 6.07) is 0. The van der Waals surface area contributed by atoms with Gasteiger partial charge in [-0.25, -0.2) is 0 Å². The standard InChI is InChI=1S/C14H25NO/c16-8-4-2-1-3-7-15-11-14-10-12-5-6-13(14)9-12/h5-6,12-16H,1-4,7-11H2. The fraction of sp³-hybridized carbons (Fsp3) is 0.857. The van der Waals surface area contributed by atoms with Crippen LogP contribution in [0.25, 0.3) is 0 Å². The van der Waals surface area contributed by atoms with Crippen molar-refractivity contribution < 1.29 is 5.11 Å². The van der Waals surface area contributed by atoms with Gasteiger partial charge in [0.1, 0.15) is 0 Å². The molecule has 0 amide bonds. The number of aliphatic hydroxyl groups excluding tert-OH is 1. The van der Waals surface area contributed by atoms with Crippen molar-refractivity contribution in [1.82, 2.24) is 5.32 Å². The number of aliphatic hydroxyl groups is 1. The van der Waals surface area contributed by atoms with Gasteiger partial charge < -0.3 is 10.4 Å². The van der Waals surface area contributed by atoms with Crippen molar-refractivity contribution in [3.63, 3.8) is 0 Å². The zero-order valence-electron chi connectivity index (χ0n) is 10.2. The van der Waals surface area contributed by atoms with Crippen LogP contribution in [0, 0.1) is 17.8 Å². The second-order valence-electron chi connectivity index (χ2n) is 5.38. The molecule has 16 heavy (non-hydrogen) atoms. The number of hydrogen-bond acceptors (Lipinski definition) is 2. The number of rotatable bonds is 8. The average Bonchev–Trinajstić information content (AvgIpc) is 2.90. The van der Waals surface area contributed by atoms with E-state index in [-0.39, 0.29) is 0 Å². The van der Waals surface area contributed by atoms with Crippen molar-refractivity contribution in [3.05, 3.63) is 12.2 Å². The van der Waals surface area contributed by atoms with Gasteiger partial charge in [-0.1, -0.05) is 25.0 Å². The van der Waals surface area contributed by atoms with Crippen LogP contribution in [0.5, 0.6) is 0 Å². The third kappa shape index (κ3) is 3.33. The highest BCUT2D eigenvalue weighted by atomic mass is 16.2. The number of allylic oxidation sites excluding steroid dienone is 2. The maximum Gasteiger partial charge on any atom is 0.0431 e. The summed E-state index contributed by atoms with van der Waals surface area (Å²) in [5.41, 5.74) is 0. The maximum atomic E-state index is 8.65. The Bertz CT molecular complexity index is 227. The molecule has 2 nitrogen and oxygen atoms in total. The molecule has 2 bridgehead atoms. The molecule has 0 radical (unpaired) electrons. The molecule has 3 atom stereocenters. The minimum Gasteiger partial charge on any atom is -0.396 e. The third-order valence-electron chi connectivity index (χ3n) is 4.08. The quantitative estimate of drug-likeness (QED) is 0.489. The predicted octanol–water partition coefficient (Wildman–Crippen LogP) is 2.34. The third-order valence-corrected chi connectivity index (χ3v) is 4.08. The van der Waals surface area contributed by atoms with E-state index in [9.17, 15) is 0 Å². The van der Waals surface area contributed by atoms with Crippen LogP contribution >= 0.6 is 0 Å². The molecule has 3 unspecified atom stereocenters. The lowest BCUT2D eigenvalue weighted by Gasteiger charge is -2.18. The molecule has 1 fully saturated rings. The van der Waals surface area contributed by atoms with Crippen molar-refractivity contribution in [2.75, 3.05) is 19.7 Å². The Morgan fingerprint density at radius 2 is 1.94 bits per heavy atom. The SMILES string of the molecule is OCCCCCCNCC1CC2C=CC1C2. The van der Waals surface area contributed by atoms with Crippen molar-refractivity contribution in [3.8, 4) is 0 Å². The number of nitrogens with one attached hydrogen (secondary N) is 1. The van der Waals surface area contributed by atoms with Gasteiger partial charge in [0.25, 0.3) is 0 Å². The lowest BCUT2D eigenvalue weighted by Crippen LogP contribution is -2.26. The van der Waals surface area contributed by atoms with Crippen LogP contribution in [0.3, 0.4) is 0 Å². The van der Waals surface area contributed by atoms with Crippen molar-refractivity contribution in [2.45, 2.75) is 38.5 Å². The number of fused-ring (bicyclic) bond motifs is 2. The molecule has 92 valence electrons. The van der Waals surface area contributed by atoms with E-state index in [1.54, 1.807) is 0 Å². The van der Waals surface area contributed by atoms with Crippen LogP contribution in [0.15, 0.2) is 12.2 Å². The minimum absolute atomic E-state index is 0.352. The van der Waals surface area contributed by atoms with Crippen LogP contribution in [0.1, 0.15) is 38.5 Å². The van der Waals surface area contributed by atoms with Gasteiger partial charge in [0.15, 0.2) is 0 Å². The van der Waals surface area contributed by atoms with Gasteiger partial charge in [-0.3, -0.25) is 0 Å². The van der Waals surface area contributed by atoms with Gasteiger partial charge in [-0.05, 0) is 56.5 Å². The first-order chi connectivity index (χ1) is 7.90. The van der Waals surface area contributed by atoms with Gasteiger partial charge in [0.2, 0.25) is 0 Å². The Hall–Kier alpha value is -0.340. The molecule has 0 aromatic carbocycles. The summed E-state index contributed by atoms with van der Waals surface area (Å²) in [6.45, 7) is 2.72. The molecule has 0 aliphatic heterocycles. The number of unbranched alkanes of at least 4 members (excludes halogenated alkanes) is 3. The van der Waals surface area contributed by atoms with E-state index >= 15 is 0 Å². The van der Waals surface area contributed by atoms with Gasteiger partial charge in [-0.15, -0.1) is 0 Å². The lowest BCUT2D eigenvalue weighted by molar-refractivity contribution is 0.282. The fourth-order valence-corrected chi connectivity index (χ4v) is 3.13. The molecule has 0 heterocycles. The minimum atomic E-state index is 0.352. The molecule has 0 aromatic rings. The van der Waals surface area contributed by atoms with Gasteiger partial charge in [0, 0.05) is 6.61 Å². The van der Waals surface area contributed by atoms with Crippen LogP contribution in [0.4, 0.5) is 0 Å². The van der Waals surface area contributed by atoms with E-state index in [1.165, 1.54) is 38.6 Å². The molecule has 2 rings (SSSR count). The highest BCUT2D eigenvalue weighted by molar-refractivity contribution is 5.10.